The van der Waals surface area contributed by atoms with Crippen molar-refractivity contribution in [2.24, 2.45) is 0 Å². The first-order valence-electron chi connectivity index (χ1n) is 6.01. The van der Waals surface area contributed by atoms with E-state index >= 15 is 0 Å². The zero-order valence-electron chi connectivity index (χ0n) is 10.8. The van der Waals surface area contributed by atoms with Gasteiger partial charge < -0.3 is 10.5 Å². The number of anilines is 1. The van der Waals surface area contributed by atoms with Crippen molar-refractivity contribution in [1.82, 2.24) is 4.72 Å². The number of hydrogen-bond acceptors (Lipinski definition) is 4. The Bertz CT molecular complexity index is 589. The first kappa shape index (κ1) is 14.8. The van der Waals surface area contributed by atoms with E-state index in [2.05, 4.69) is 20.7 Å². The molecule has 0 spiro atoms. The molecule has 1 aromatic carbocycles. The predicted molar refractivity (Wildman–Crippen MR) is 77.4 cm³/mol. The monoisotopic (exact) mass is 348 g/mol. The molecule has 0 saturated carbocycles. The SMILES string of the molecule is Cc1cc(Br)c(N)cc1S(=O)(=O)NC1CCOC1C. The molecule has 0 amide bonds. The number of hydrogen-bond donors (Lipinski definition) is 2. The molecule has 106 valence electrons. The number of rotatable bonds is 3. The highest BCUT2D eigenvalue weighted by atomic mass is 79.9. The number of aryl methyl sites for hydroxylation is 1. The Hall–Kier alpha value is -0.630. The molecule has 0 aliphatic carbocycles. The number of halogens is 1. The van der Waals surface area contributed by atoms with Gasteiger partial charge in [-0.25, -0.2) is 13.1 Å². The molecule has 1 fully saturated rings. The van der Waals surface area contributed by atoms with Crippen LogP contribution in [0.2, 0.25) is 0 Å². The first-order chi connectivity index (χ1) is 8.81. The summed E-state index contributed by atoms with van der Waals surface area (Å²) in [5, 5.41) is 0. The normalized spacial score (nSPS) is 23.7. The van der Waals surface area contributed by atoms with Crippen LogP contribution in [0.3, 0.4) is 0 Å². The van der Waals surface area contributed by atoms with E-state index < -0.39 is 10.0 Å². The maximum atomic E-state index is 12.4. The Morgan fingerprint density at radius 1 is 1.47 bits per heavy atom. The minimum absolute atomic E-state index is 0.108. The summed E-state index contributed by atoms with van der Waals surface area (Å²) in [5.41, 5.74) is 6.82. The van der Waals surface area contributed by atoms with Gasteiger partial charge in [-0.3, -0.25) is 0 Å². The summed E-state index contributed by atoms with van der Waals surface area (Å²) in [6.45, 7) is 4.19. The maximum Gasteiger partial charge on any atom is 0.241 e. The average Bonchev–Trinajstić information content (AvgIpc) is 2.69. The molecule has 19 heavy (non-hydrogen) atoms. The standard InChI is InChI=1S/C12H17BrN2O3S/c1-7-5-9(13)10(14)6-12(7)19(16,17)15-11-3-4-18-8(11)2/h5-6,8,11,15H,3-4,14H2,1-2H3. The van der Waals surface area contributed by atoms with E-state index in [9.17, 15) is 8.42 Å². The van der Waals surface area contributed by atoms with Crippen LogP contribution in [0.4, 0.5) is 5.69 Å². The third-order valence-electron chi connectivity index (χ3n) is 3.27. The van der Waals surface area contributed by atoms with E-state index in [0.29, 0.717) is 28.8 Å². The molecule has 1 aliphatic heterocycles. The number of ether oxygens (including phenoxy) is 1. The number of nitrogens with one attached hydrogen (secondary N) is 1. The summed E-state index contributed by atoms with van der Waals surface area (Å²) < 4.78 is 33.5. The lowest BCUT2D eigenvalue weighted by molar-refractivity contribution is 0.117. The second-order valence-corrected chi connectivity index (χ2v) is 7.27. The molecule has 1 aromatic rings. The smallest absolute Gasteiger partial charge is 0.241 e. The van der Waals surface area contributed by atoms with Crippen molar-refractivity contribution in [3.05, 3.63) is 22.2 Å². The molecular formula is C12H17BrN2O3S. The van der Waals surface area contributed by atoms with E-state index in [1.807, 2.05) is 6.92 Å². The third kappa shape index (κ3) is 3.10. The number of benzene rings is 1. The van der Waals surface area contributed by atoms with Gasteiger partial charge in [0.05, 0.1) is 17.0 Å². The topological polar surface area (TPSA) is 81.4 Å². The van der Waals surface area contributed by atoms with Crippen molar-refractivity contribution in [2.45, 2.75) is 37.3 Å². The average molecular weight is 349 g/mol. The Balaban J connectivity index is 2.32. The molecule has 5 nitrogen and oxygen atoms in total. The van der Waals surface area contributed by atoms with Crippen LogP contribution >= 0.6 is 15.9 Å². The predicted octanol–water partition coefficient (Wildman–Crippen LogP) is 1.80. The van der Waals surface area contributed by atoms with Gasteiger partial charge in [-0.15, -0.1) is 0 Å². The summed E-state index contributed by atoms with van der Waals surface area (Å²) in [4.78, 5) is 0.215. The van der Waals surface area contributed by atoms with Gasteiger partial charge in [-0.05, 0) is 53.9 Å². The Labute approximate surface area is 121 Å². The number of sulfonamides is 1. The molecule has 3 N–H and O–H groups in total. The zero-order chi connectivity index (χ0) is 14.2. The van der Waals surface area contributed by atoms with Gasteiger partial charge in [0.15, 0.2) is 0 Å². The van der Waals surface area contributed by atoms with Gasteiger partial charge in [0.2, 0.25) is 10.0 Å². The molecule has 1 aliphatic rings. The van der Waals surface area contributed by atoms with E-state index in [1.165, 1.54) is 6.07 Å². The molecule has 2 atom stereocenters. The second-order valence-electron chi connectivity index (χ2n) is 4.73. The highest BCUT2D eigenvalue weighted by Crippen LogP contribution is 2.27. The lowest BCUT2D eigenvalue weighted by atomic mass is 10.2. The summed E-state index contributed by atoms with van der Waals surface area (Å²) in [6.07, 6.45) is 0.578. The minimum atomic E-state index is -3.58. The Kier molecular flexibility index (Phi) is 4.20. The van der Waals surface area contributed by atoms with Crippen molar-refractivity contribution in [3.8, 4) is 0 Å². The van der Waals surface area contributed by atoms with E-state index in [4.69, 9.17) is 10.5 Å². The van der Waals surface area contributed by atoms with Crippen LogP contribution in [-0.2, 0) is 14.8 Å². The van der Waals surface area contributed by atoms with Gasteiger partial charge in [0.1, 0.15) is 0 Å². The number of nitrogens with two attached hydrogens (primary N) is 1. The van der Waals surface area contributed by atoms with Crippen LogP contribution in [0.5, 0.6) is 0 Å². The van der Waals surface area contributed by atoms with E-state index in [0.717, 1.165) is 0 Å². The molecule has 1 saturated heterocycles. The zero-order valence-corrected chi connectivity index (χ0v) is 13.2. The van der Waals surface area contributed by atoms with E-state index in [1.54, 1.807) is 13.0 Å². The second kappa shape index (κ2) is 5.40. The fourth-order valence-corrected chi connectivity index (χ4v) is 4.17. The lowest BCUT2D eigenvalue weighted by Gasteiger charge is -2.17. The Morgan fingerprint density at radius 3 is 2.74 bits per heavy atom. The van der Waals surface area contributed by atoms with Crippen LogP contribution < -0.4 is 10.5 Å². The first-order valence-corrected chi connectivity index (χ1v) is 8.28. The van der Waals surface area contributed by atoms with Crippen molar-refractivity contribution in [3.63, 3.8) is 0 Å². The highest BCUT2D eigenvalue weighted by Gasteiger charge is 2.30. The van der Waals surface area contributed by atoms with Crippen molar-refractivity contribution in [2.75, 3.05) is 12.3 Å². The quantitative estimate of drug-likeness (QED) is 0.816. The summed E-state index contributed by atoms with van der Waals surface area (Å²) in [7, 11) is -3.58. The maximum absolute atomic E-state index is 12.4. The van der Waals surface area contributed by atoms with Gasteiger partial charge in [0.25, 0.3) is 0 Å². The molecule has 2 rings (SSSR count). The summed E-state index contributed by atoms with van der Waals surface area (Å²) in [5.74, 6) is 0. The van der Waals surface area contributed by atoms with Crippen LogP contribution in [0, 0.1) is 6.92 Å². The van der Waals surface area contributed by atoms with Crippen LogP contribution in [0.1, 0.15) is 18.9 Å². The fraction of sp³-hybridized carbons (Fsp3) is 0.500. The minimum Gasteiger partial charge on any atom is -0.398 e. The molecule has 0 aromatic heterocycles. The van der Waals surface area contributed by atoms with Gasteiger partial charge in [0, 0.05) is 16.8 Å². The van der Waals surface area contributed by atoms with Crippen molar-refractivity contribution >= 4 is 31.6 Å². The van der Waals surface area contributed by atoms with E-state index in [-0.39, 0.29) is 17.0 Å². The molecule has 0 bridgehead atoms. The Morgan fingerprint density at radius 2 is 2.16 bits per heavy atom. The summed E-state index contributed by atoms with van der Waals surface area (Å²) in [6, 6.07) is 3.00. The van der Waals surface area contributed by atoms with Crippen LogP contribution in [0.15, 0.2) is 21.5 Å². The van der Waals surface area contributed by atoms with Crippen LogP contribution in [-0.4, -0.2) is 27.2 Å². The number of nitrogen functional groups attached to an aromatic ring is 1. The third-order valence-corrected chi connectivity index (χ3v) is 5.59. The molecule has 1 heterocycles. The fourth-order valence-electron chi connectivity index (χ4n) is 2.11. The van der Waals surface area contributed by atoms with Crippen LogP contribution in [0.25, 0.3) is 0 Å². The van der Waals surface area contributed by atoms with Crippen molar-refractivity contribution < 1.29 is 13.2 Å². The van der Waals surface area contributed by atoms with Crippen molar-refractivity contribution in [1.29, 1.82) is 0 Å². The van der Waals surface area contributed by atoms with Gasteiger partial charge in [-0.2, -0.15) is 0 Å². The lowest BCUT2D eigenvalue weighted by Crippen LogP contribution is -2.39. The molecule has 2 unspecified atom stereocenters. The molecule has 7 heteroatoms. The summed E-state index contributed by atoms with van der Waals surface area (Å²) >= 11 is 3.28. The largest absolute Gasteiger partial charge is 0.398 e. The van der Waals surface area contributed by atoms with Gasteiger partial charge in [-0.1, -0.05) is 0 Å². The highest BCUT2D eigenvalue weighted by molar-refractivity contribution is 9.10. The molecule has 0 radical (unpaired) electrons. The van der Waals surface area contributed by atoms with Gasteiger partial charge >= 0.3 is 0 Å². The molecular weight excluding hydrogens is 332 g/mol.